The molecular formula is C21H22IN3O4S. The van der Waals surface area contributed by atoms with E-state index in [-0.39, 0.29) is 22.3 Å². The van der Waals surface area contributed by atoms with Gasteiger partial charge in [-0.15, -0.1) is 0 Å². The lowest BCUT2D eigenvalue weighted by Gasteiger charge is -2.33. The van der Waals surface area contributed by atoms with Crippen LogP contribution >= 0.6 is 34.4 Å². The Balaban J connectivity index is 1.96. The van der Waals surface area contributed by atoms with Crippen LogP contribution in [0.4, 0.5) is 5.82 Å². The molecule has 9 heteroatoms. The number of benzene rings is 1. The molecule has 2 aliphatic rings. The maximum atomic E-state index is 13.2. The van der Waals surface area contributed by atoms with Crippen LogP contribution < -0.4 is 15.6 Å². The van der Waals surface area contributed by atoms with E-state index in [1.807, 2.05) is 36.4 Å². The summed E-state index contributed by atoms with van der Waals surface area (Å²) in [4.78, 5) is 33.6. The number of nitrogens with zero attached hydrogens (tertiary/aromatic N) is 1. The van der Waals surface area contributed by atoms with Gasteiger partial charge in [0.05, 0.1) is 16.2 Å². The zero-order chi connectivity index (χ0) is 21.6. The Kier molecular flexibility index (Phi) is 5.84. The Hall–Kier alpha value is -2.01. The van der Waals surface area contributed by atoms with Gasteiger partial charge in [0.2, 0.25) is 0 Å². The molecule has 1 aromatic heterocycles. The molecule has 0 bridgehead atoms. The number of phenolic OH excluding ortho intramolecular Hbond substituents is 1. The van der Waals surface area contributed by atoms with E-state index in [2.05, 4.69) is 15.3 Å². The molecule has 2 heterocycles. The number of hydrogen-bond donors (Lipinski definition) is 3. The lowest BCUT2D eigenvalue weighted by Crippen LogP contribution is -2.32. The van der Waals surface area contributed by atoms with Crippen molar-refractivity contribution in [3.05, 3.63) is 48.5 Å². The van der Waals surface area contributed by atoms with E-state index in [9.17, 15) is 14.7 Å². The fourth-order valence-corrected chi connectivity index (χ4v) is 5.34. The molecule has 158 valence electrons. The smallest absolute Gasteiger partial charge is 0.257 e. The number of methoxy groups -OCH3 is 1. The van der Waals surface area contributed by atoms with Crippen molar-refractivity contribution in [2.24, 2.45) is 0 Å². The summed E-state index contributed by atoms with van der Waals surface area (Å²) in [6.07, 6.45) is 1.94. The van der Waals surface area contributed by atoms with Gasteiger partial charge in [-0.3, -0.25) is 9.59 Å². The summed E-state index contributed by atoms with van der Waals surface area (Å²) >= 11 is 3.50. The van der Waals surface area contributed by atoms with Gasteiger partial charge in [0.25, 0.3) is 5.56 Å². The Morgan fingerprint density at radius 2 is 2.07 bits per heavy atom. The van der Waals surface area contributed by atoms with E-state index in [0.29, 0.717) is 37.9 Å². The van der Waals surface area contributed by atoms with Crippen LogP contribution in [-0.4, -0.2) is 33.2 Å². The van der Waals surface area contributed by atoms with Gasteiger partial charge < -0.3 is 20.1 Å². The van der Waals surface area contributed by atoms with Crippen molar-refractivity contribution in [2.45, 2.75) is 49.4 Å². The number of anilines is 1. The maximum absolute atomic E-state index is 13.2. The standard InChI is InChI=1S/C21H22IN3O4S/c1-9(2)30-21-24-19-17(20(28)25-21)15(16-12(23-19)5-4-6-13(16)26)10-7-11(22)18(27)14(8-10)29-3/h7-9,15,27H,4-6H2,1-3H3,(H2,23,24,25,28). The highest BCUT2D eigenvalue weighted by Crippen LogP contribution is 2.46. The van der Waals surface area contributed by atoms with Crippen LogP contribution in [0.3, 0.4) is 0 Å². The third kappa shape index (κ3) is 3.73. The largest absolute Gasteiger partial charge is 0.504 e. The zero-order valence-corrected chi connectivity index (χ0v) is 19.8. The number of fused-ring (bicyclic) bond motifs is 1. The molecule has 0 fully saturated rings. The molecule has 1 atom stereocenters. The van der Waals surface area contributed by atoms with Crippen molar-refractivity contribution >= 4 is 46.0 Å². The summed E-state index contributed by atoms with van der Waals surface area (Å²) in [7, 11) is 1.48. The number of hydrogen-bond acceptors (Lipinski definition) is 7. The van der Waals surface area contributed by atoms with Crippen molar-refractivity contribution in [1.82, 2.24) is 9.97 Å². The number of aromatic hydroxyl groups is 1. The Morgan fingerprint density at radius 1 is 1.30 bits per heavy atom. The second kappa shape index (κ2) is 8.26. The Morgan fingerprint density at radius 3 is 2.77 bits per heavy atom. The van der Waals surface area contributed by atoms with Crippen LogP contribution in [0.1, 0.15) is 50.2 Å². The predicted molar refractivity (Wildman–Crippen MR) is 125 cm³/mol. The van der Waals surface area contributed by atoms with E-state index in [1.54, 1.807) is 12.1 Å². The fourth-order valence-electron chi connectivity index (χ4n) is 3.97. The number of thioether (sulfide) groups is 1. The highest BCUT2D eigenvalue weighted by Gasteiger charge is 2.38. The molecule has 0 amide bonds. The molecule has 1 aliphatic carbocycles. The summed E-state index contributed by atoms with van der Waals surface area (Å²) in [6.45, 7) is 4.07. The number of H-pyrrole nitrogens is 1. The number of aromatic nitrogens is 2. The molecule has 4 rings (SSSR count). The highest BCUT2D eigenvalue weighted by molar-refractivity contribution is 14.1. The van der Waals surface area contributed by atoms with Gasteiger partial charge in [-0.1, -0.05) is 25.6 Å². The first-order valence-corrected chi connectivity index (χ1v) is 11.7. The molecular weight excluding hydrogens is 517 g/mol. The van der Waals surface area contributed by atoms with Crippen LogP contribution in [0.2, 0.25) is 0 Å². The third-order valence-electron chi connectivity index (χ3n) is 5.19. The van der Waals surface area contributed by atoms with Gasteiger partial charge >= 0.3 is 0 Å². The van der Waals surface area contributed by atoms with Crippen molar-refractivity contribution in [1.29, 1.82) is 0 Å². The number of carbonyl (C=O) groups excluding carboxylic acids is 1. The minimum Gasteiger partial charge on any atom is -0.504 e. The molecule has 0 spiro atoms. The van der Waals surface area contributed by atoms with Crippen molar-refractivity contribution < 1.29 is 14.6 Å². The number of nitrogens with one attached hydrogen (secondary N) is 2. The number of Topliss-reactive ketones (excluding diaryl/α,β-unsaturated/α-hetero) is 1. The molecule has 30 heavy (non-hydrogen) atoms. The van der Waals surface area contributed by atoms with Gasteiger partial charge in [-0.05, 0) is 53.1 Å². The van der Waals surface area contributed by atoms with Crippen LogP contribution in [0.5, 0.6) is 11.5 Å². The fraction of sp³-hybridized carbons (Fsp3) is 0.381. The highest BCUT2D eigenvalue weighted by atomic mass is 127. The van der Waals surface area contributed by atoms with Crippen molar-refractivity contribution in [3.8, 4) is 11.5 Å². The third-order valence-corrected chi connectivity index (χ3v) is 6.90. The van der Waals surface area contributed by atoms with Gasteiger partial charge in [-0.25, -0.2) is 4.98 Å². The molecule has 7 nitrogen and oxygen atoms in total. The van der Waals surface area contributed by atoms with E-state index >= 15 is 0 Å². The SMILES string of the molecule is COc1cc(C2C3=C(CCCC3=O)Nc3nc(SC(C)C)[nH]c(=O)c32)cc(I)c1O. The summed E-state index contributed by atoms with van der Waals surface area (Å²) < 4.78 is 5.91. The molecule has 1 aliphatic heterocycles. The quantitative estimate of drug-likeness (QED) is 0.305. The summed E-state index contributed by atoms with van der Waals surface area (Å²) in [5, 5.41) is 14.3. The normalized spacial score (nSPS) is 18.2. The molecule has 1 unspecified atom stereocenters. The topological polar surface area (TPSA) is 104 Å². The van der Waals surface area contributed by atoms with Gasteiger partial charge in [0, 0.05) is 28.9 Å². The van der Waals surface area contributed by atoms with E-state index in [0.717, 1.165) is 24.1 Å². The van der Waals surface area contributed by atoms with Gasteiger partial charge in [-0.2, -0.15) is 0 Å². The predicted octanol–water partition coefficient (Wildman–Crippen LogP) is 4.15. The average molecular weight is 539 g/mol. The van der Waals surface area contributed by atoms with E-state index < -0.39 is 5.92 Å². The second-order valence-electron chi connectivity index (χ2n) is 7.58. The monoisotopic (exact) mass is 539 g/mol. The maximum Gasteiger partial charge on any atom is 0.257 e. The van der Waals surface area contributed by atoms with Gasteiger partial charge in [0.15, 0.2) is 22.4 Å². The molecule has 0 saturated carbocycles. The molecule has 1 aromatic carbocycles. The molecule has 0 radical (unpaired) electrons. The number of ether oxygens (including phenoxy) is 1. The van der Waals surface area contributed by atoms with Crippen LogP contribution in [0.25, 0.3) is 0 Å². The first kappa shape index (κ1) is 21.2. The lowest BCUT2D eigenvalue weighted by atomic mass is 9.76. The number of rotatable bonds is 4. The summed E-state index contributed by atoms with van der Waals surface area (Å²) in [5.74, 6) is 0.292. The van der Waals surface area contributed by atoms with E-state index in [4.69, 9.17) is 4.74 Å². The number of ketones is 1. The van der Waals surface area contributed by atoms with Crippen LogP contribution in [0.15, 0.2) is 33.4 Å². The minimum atomic E-state index is -0.568. The lowest BCUT2D eigenvalue weighted by molar-refractivity contribution is -0.116. The summed E-state index contributed by atoms with van der Waals surface area (Å²) in [6, 6.07) is 3.49. The Labute approximate surface area is 191 Å². The van der Waals surface area contributed by atoms with Crippen molar-refractivity contribution in [3.63, 3.8) is 0 Å². The number of halogens is 1. The van der Waals surface area contributed by atoms with Crippen LogP contribution in [-0.2, 0) is 4.79 Å². The van der Waals surface area contributed by atoms with Crippen molar-refractivity contribution in [2.75, 3.05) is 12.4 Å². The first-order chi connectivity index (χ1) is 14.3. The van der Waals surface area contributed by atoms with Gasteiger partial charge in [0.1, 0.15) is 5.82 Å². The number of carbonyl (C=O) groups is 1. The minimum absolute atomic E-state index is 0.0291. The number of phenols is 1. The van der Waals surface area contributed by atoms with Crippen LogP contribution in [0, 0.1) is 3.57 Å². The zero-order valence-electron chi connectivity index (χ0n) is 16.8. The average Bonchev–Trinajstić information content (AvgIpc) is 2.68. The second-order valence-corrected chi connectivity index (χ2v) is 10.3. The number of aromatic amines is 1. The first-order valence-electron chi connectivity index (χ1n) is 9.70. The van der Waals surface area contributed by atoms with E-state index in [1.165, 1.54) is 18.9 Å². The summed E-state index contributed by atoms with van der Waals surface area (Å²) in [5.41, 5.74) is 2.29. The molecule has 2 aromatic rings. The number of allylic oxidation sites excluding steroid dienone is 2. The molecule has 0 saturated heterocycles. The Bertz CT molecular complexity index is 1130. The molecule has 3 N–H and O–H groups in total.